The fourth-order valence-electron chi connectivity index (χ4n) is 3.86. The maximum Gasteiger partial charge on any atom is 1.00 e. The summed E-state index contributed by atoms with van der Waals surface area (Å²) in [4.78, 5) is 25.9. The minimum absolute atomic E-state index is 0. The second kappa shape index (κ2) is 11.0. The van der Waals surface area contributed by atoms with Crippen LogP contribution in [0, 0.1) is 0 Å². The number of carbonyl (C=O) groups excluding carboxylic acids is 1. The Balaban J connectivity index is 0.00000272. The van der Waals surface area contributed by atoms with Gasteiger partial charge in [-0.2, -0.15) is 13.2 Å². The molecule has 3 rings (SSSR count). The summed E-state index contributed by atoms with van der Waals surface area (Å²) in [6.07, 6.45) is -2.01. The summed E-state index contributed by atoms with van der Waals surface area (Å²) in [6, 6.07) is 10.8. The standard InChI is InChI=1S/C23H25F3N2O3.Li.H/c1-15(17-8-10-18(11-9-17)22(30)31)27-21(29)20-7-2-3-12-28(20)14-16-5-4-6-19(13-16)23(24,25)26;;/h4-6,8-11,13,15,20H,2-3,7,12,14H2,1H3,(H,27,29)(H,30,31);;/q;+1;-1/t15-,20?;;/m0../s1. The second-order valence-electron chi connectivity index (χ2n) is 7.84. The van der Waals surface area contributed by atoms with E-state index in [1.54, 1.807) is 18.2 Å². The molecule has 0 bridgehead atoms. The number of carboxylic acid groups (broad SMARTS) is 1. The Labute approximate surface area is 198 Å². The van der Waals surface area contributed by atoms with Crippen LogP contribution in [0.3, 0.4) is 0 Å². The average Bonchev–Trinajstić information content (AvgIpc) is 2.73. The average molecular weight is 442 g/mol. The number of carboxylic acids is 1. The number of amides is 1. The van der Waals surface area contributed by atoms with Gasteiger partial charge >= 0.3 is 31.0 Å². The first kappa shape index (κ1) is 26.0. The molecule has 168 valence electrons. The van der Waals surface area contributed by atoms with Crippen LogP contribution in [0.15, 0.2) is 48.5 Å². The zero-order valence-corrected chi connectivity index (χ0v) is 18.2. The fraction of sp³-hybridized carbons (Fsp3) is 0.391. The Morgan fingerprint density at radius 3 is 2.50 bits per heavy atom. The molecule has 1 fully saturated rings. The predicted molar refractivity (Wildman–Crippen MR) is 111 cm³/mol. The van der Waals surface area contributed by atoms with Crippen molar-refractivity contribution < 1.29 is 48.2 Å². The van der Waals surface area contributed by atoms with Crippen molar-refractivity contribution in [3.8, 4) is 0 Å². The van der Waals surface area contributed by atoms with Crippen molar-refractivity contribution >= 4 is 11.9 Å². The van der Waals surface area contributed by atoms with Crippen molar-refractivity contribution in [1.82, 2.24) is 10.2 Å². The summed E-state index contributed by atoms with van der Waals surface area (Å²) < 4.78 is 39.0. The minimum Gasteiger partial charge on any atom is -1.00 e. The maximum atomic E-state index is 13.0. The third kappa shape index (κ3) is 6.61. The summed E-state index contributed by atoms with van der Waals surface area (Å²) in [5, 5.41) is 12.0. The molecular weight excluding hydrogens is 416 g/mol. The molecule has 9 heteroatoms. The molecule has 2 aromatic rings. The summed E-state index contributed by atoms with van der Waals surface area (Å²) in [5.74, 6) is -1.20. The SMILES string of the molecule is C[C@H](NC(=O)C1CCCCN1Cc1cccc(C(F)(F)F)c1)c1ccc(C(=O)O)cc1.[H-].[Li+]. The third-order valence-corrected chi connectivity index (χ3v) is 5.57. The van der Waals surface area contributed by atoms with Gasteiger partial charge in [0.1, 0.15) is 0 Å². The molecule has 1 unspecified atom stereocenters. The van der Waals surface area contributed by atoms with Crippen LogP contribution in [0.25, 0.3) is 0 Å². The molecule has 2 N–H and O–H groups in total. The zero-order valence-electron chi connectivity index (χ0n) is 19.2. The van der Waals surface area contributed by atoms with Crippen molar-refractivity contribution in [2.24, 2.45) is 0 Å². The van der Waals surface area contributed by atoms with Crippen LogP contribution in [-0.4, -0.2) is 34.5 Å². The first-order valence-electron chi connectivity index (χ1n) is 10.2. The van der Waals surface area contributed by atoms with Crippen LogP contribution in [0.4, 0.5) is 13.2 Å². The van der Waals surface area contributed by atoms with Crippen LogP contribution in [0.2, 0.25) is 0 Å². The van der Waals surface area contributed by atoms with E-state index in [9.17, 15) is 22.8 Å². The van der Waals surface area contributed by atoms with Gasteiger partial charge in [0.05, 0.1) is 23.2 Å². The molecule has 32 heavy (non-hydrogen) atoms. The largest absolute Gasteiger partial charge is 1.00 e. The molecule has 0 aromatic heterocycles. The van der Waals surface area contributed by atoms with Gasteiger partial charge in [0.2, 0.25) is 5.91 Å². The van der Waals surface area contributed by atoms with Crippen molar-refractivity contribution in [2.75, 3.05) is 6.54 Å². The summed E-state index contributed by atoms with van der Waals surface area (Å²) in [7, 11) is 0. The molecule has 1 aliphatic rings. The third-order valence-electron chi connectivity index (χ3n) is 5.57. The number of aromatic carboxylic acids is 1. The molecule has 1 amide bonds. The maximum absolute atomic E-state index is 13.0. The molecule has 1 aliphatic heterocycles. The van der Waals surface area contributed by atoms with Gasteiger partial charge in [-0.15, -0.1) is 0 Å². The Hall–Kier alpha value is -2.27. The van der Waals surface area contributed by atoms with Crippen LogP contribution < -0.4 is 24.2 Å². The number of likely N-dealkylation sites (tertiary alicyclic amines) is 1. The van der Waals surface area contributed by atoms with E-state index in [0.717, 1.165) is 30.5 Å². The number of piperidine rings is 1. The number of nitrogens with zero attached hydrogens (tertiary/aromatic N) is 1. The number of alkyl halides is 3. The van der Waals surface area contributed by atoms with Crippen molar-refractivity contribution in [1.29, 1.82) is 0 Å². The summed E-state index contributed by atoms with van der Waals surface area (Å²) in [6.45, 7) is 2.72. The topological polar surface area (TPSA) is 69.6 Å². The fourth-order valence-corrected chi connectivity index (χ4v) is 3.86. The Morgan fingerprint density at radius 2 is 1.88 bits per heavy atom. The Kier molecular flexibility index (Phi) is 8.96. The monoisotopic (exact) mass is 442 g/mol. The quantitative estimate of drug-likeness (QED) is 0.669. The first-order chi connectivity index (χ1) is 14.6. The predicted octanol–water partition coefficient (Wildman–Crippen LogP) is 1.75. The van der Waals surface area contributed by atoms with Crippen LogP contribution in [0.1, 0.15) is 60.7 Å². The number of rotatable bonds is 6. The number of hydrogen-bond donors (Lipinski definition) is 2. The normalized spacial score (nSPS) is 17.8. The van der Waals surface area contributed by atoms with E-state index in [2.05, 4.69) is 5.32 Å². The van der Waals surface area contributed by atoms with Crippen LogP contribution >= 0.6 is 0 Å². The van der Waals surface area contributed by atoms with E-state index >= 15 is 0 Å². The molecular formula is C23H26F3LiN2O3. The molecule has 0 radical (unpaired) electrons. The van der Waals surface area contributed by atoms with Gasteiger partial charge in [0.15, 0.2) is 0 Å². The van der Waals surface area contributed by atoms with Gasteiger partial charge in [0, 0.05) is 6.54 Å². The number of carbonyl (C=O) groups is 2. The first-order valence-corrected chi connectivity index (χ1v) is 10.2. The molecule has 5 nitrogen and oxygen atoms in total. The van der Waals surface area contributed by atoms with Crippen molar-refractivity contribution in [2.45, 2.75) is 51.0 Å². The van der Waals surface area contributed by atoms with Gasteiger partial charge in [0.25, 0.3) is 0 Å². The van der Waals surface area contributed by atoms with Gasteiger partial charge in [-0.25, -0.2) is 4.79 Å². The molecule has 0 spiro atoms. The van der Waals surface area contributed by atoms with Crippen LogP contribution in [-0.2, 0) is 17.5 Å². The second-order valence-corrected chi connectivity index (χ2v) is 7.84. The van der Waals surface area contributed by atoms with Crippen molar-refractivity contribution in [3.05, 3.63) is 70.8 Å². The van der Waals surface area contributed by atoms with E-state index in [4.69, 9.17) is 5.11 Å². The number of nitrogens with one attached hydrogen (secondary N) is 1. The number of benzene rings is 2. The molecule has 1 saturated heterocycles. The summed E-state index contributed by atoms with van der Waals surface area (Å²) in [5.41, 5.74) is 0.772. The van der Waals surface area contributed by atoms with Gasteiger partial charge < -0.3 is 11.8 Å². The van der Waals surface area contributed by atoms with Crippen LogP contribution in [0.5, 0.6) is 0 Å². The Morgan fingerprint density at radius 1 is 1.19 bits per heavy atom. The van der Waals surface area contributed by atoms with E-state index in [-0.39, 0.29) is 44.3 Å². The van der Waals surface area contributed by atoms with E-state index in [1.165, 1.54) is 18.2 Å². The molecule has 1 heterocycles. The molecule has 2 atom stereocenters. The van der Waals surface area contributed by atoms with Gasteiger partial charge in [-0.1, -0.05) is 36.8 Å². The van der Waals surface area contributed by atoms with Crippen molar-refractivity contribution in [3.63, 3.8) is 0 Å². The zero-order chi connectivity index (χ0) is 22.6. The minimum atomic E-state index is -4.40. The number of hydrogen-bond acceptors (Lipinski definition) is 3. The van der Waals surface area contributed by atoms with E-state index < -0.39 is 23.8 Å². The number of halogens is 3. The molecule has 2 aromatic carbocycles. The van der Waals surface area contributed by atoms with E-state index in [0.29, 0.717) is 18.5 Å². The molecule has 0 saturated carbocycles. The van der Waals surface area contributed by atoms with Gasteiger partial charge in [-0.3, -0.25) is 9.69 Å². The molecule has 0 aliphatic carbocycles. The summed E-state index contributed by atoms with van der Waals surface area (Å²) >= 11 is 0. The Bertz CT molecular complexity index is 941. The smallest absolute Gasteiger partial charge is 1.00 e. The van der Waals surface area contributed by atoms with Gasteiger partial charge in [-0.05, 0) is 55.6 Å². The van der Waals surface area contributed by atoms with E-state index in [1.807, 2.05) is 11.8 Å².